The summed E-state index contributed by atoms with van der Waals surface area (Å²) in [6.45, 7) is 2.30. The maximum atomic E-state index is 12.9. The fourth-order valence-corrected chi connectivity index (χ4v) is 6.39. The molecule has 1 N–H and O–H groups in total. The molecule has 0 spiro atoms. The number of thiophene rings is 1. The van der Waals surface area contributed by atoms with Gasteiger partial charge in [0.1, 0.15) is 6.54 Å². The summed E-state index contributed by atoms with van der Waals surface area (Å²) in [4.78, 5) is 29.1. The normalized spacial score (nSPS) is 17.6. The third-order valence-corrected chi connectivity index (χ3v) is 8.45. The predicted molar refractivity (Wildman–Crippen MR) is 128 cm³/mol. The van der Waals surface area contributed by atoms with Gasteiger partial charge in [-0.05, 0) is 48.9 Å². The van der Waals surface area contributed by atoms with Crippen molar-refractivity contribution in [1.82, 2.24) is 14.8 Å². The SMILES string of the molecule is CC[C@H]1CCc2sc(-c3nnc(SCC(=O)N4CC(=O)Nc5ccccc54)n3C)cc2C1. The van der Waals surface area contributed by atoms with Crippen LogP contribution in [0.4, 0.5) is 11.4 Å². The molecular formula is C23H25N5O2S2. The Morgan fingerprint density at radius 1 is 1.31 bits per heavy atom. The molecule has 1 aromatic carbocycles. The van der Waals surface area contributed by atoms with Crippen molar-refractivity contribution in [3.8, 4) is 10.7 Å². The second kappa shape index (κ2) is 8.71. The molecule has 0 unspecified atom stereocenters. The summed E-state index contributed by atoms with van der Waals surface area (Å²) in [5.74, 6) is 1.50. The number of nitrogens with zero attached hydrogens (tertiary/aromatic N) is 4. The largest absolute Gasteiger partial charge is 0.323 e. The molecule has 1 aliphatic carbocycles. The number of hydrogen-bond donors (Lipinski definition) is 1. The van der Waals surface area contributed by atoms with Gasteiger partial charge in [-0.1, -0.05) is 37.2 Å². The van der Waals surface area contributed by atoms with E-state index in [0.717, 1.165) is 35.1 Å². The van der Waals surface area contributed by atoms with Crippen molar-refractivity contribution in [3.63, 3.8) is 0 Å². The summed E-state index contributed by atoms with van der Waals surface area (Å²) in [5.41, 5.74) is 2.85. The number of carbonyl (C=O) groups excluding carboxylic acids is 2. The van der Waals surface area contributed by atoms with E-state index >= 15 is 0 Å². The van der Waals surface area contributed by atoms with Gasteiger partial charge in [0.25, 0.3) is 0 Å². The summed E-state index contributed by atoms with van der Waals surface area (Å²) < 4.78 is 1.96. The van der Waals surface area contributed by atoms with Crippen LogP contribution < -0.4 is 10.2 Å². The second-order valence-corrected chi connectivity index (χ2v) is 10.4. The molecule has 1 aliphatic heterocycles. The van der Waals surface area contributed by atoms with Gasteiger partial charge in [-0.25, -0.2) is 0 Å². The van der Waals surface area contributed by atoms with Crippen molar-refractivity contribution in [3.05, 3.63) is 40.8 Å². The first kappa shape index (κ1) is 21.2. The zero-order valence-corrected chi connectivity index (χ0v) is 19.8. The van der Waals surface area contributed by atoms with Crippen molar-refractivity contribution < 1.29 is 9.59 Å². The minimum absolute atomic E-state index is 0.0278. The summed E-state index contributed by atoms with van der Waals surface area (Å²) in [7, 11) is 1.94. The monoisotopic (exact) mass is 467 g/mol. The number of para-hydroxylation sites is 2. The molecule has 0 saturated heterocycles. The maximum Gasteiger partial charge on any atom is 0.244 e. The zero-order chi connectivity index (χ0) is 22.2. The van der Waals surface area contributed by atoms with E-state index in [0.29, 0.717) is 10.8 Å². The van der Waals surface area contributed by atoms with Crippen LogP contribution in [0.1, 0.15) is 30.2 Å². The first-order chi connectivity index (χ1) is 15.5. The van der Waals surface area contributed by atoms with E-state index in [1.165, 1.54) is 39.9 Å². The van der Waals surface area contributed by atoms with Crippen molar-refractivity contribution in [2.24, 2.45) is 13.0 Å². The number of aryl methyl sites for hydroxylation is 1. The molecule has 0 fully saturated rings. The molecule has 2 aromatic heterocycles. The molecule has 0 saturated carbocycles. The Morgan fingerprint density at radius 3 is 3.00 bits per heavy atom. The Hall–Kier alpha value is -2.65. The molecule has 7 nitrogen and oxygen atoms in total. The number of hydrogen-bond acceptors (Lipinski definition) is 6. The van der Waals surface area contributed by atoms with Gasteiger partial charge in [0.15, 0.2) is 11.0 Å². The van der Waals surface area contributed by atoms with Crippen LogP contribution in [0.3, 0.4) is 0 Å². The molecule has 0 bridgehead atoms. The number of amides is 2. The Kier molecular flexibility index (Phi) is 5.77. The van der Waals surface area contributed by atoms with Crippen LogP contribution in [0.2, 0.25) is 0 Å². The molecule has 166 valence electrons. The molecule has 2 amide bonds. The zero-order valence-electron chi connectivity index (χ0n) is 18.1. The molecule has 9 heteroatoms. The lowest BCUT2D eigenvalue weighted by molar-refractivity contribution is -0.120. The van der Waals surface area contributed by atoms with Crippen LogP contribution in [0.25, 0.3) is 10.7 Å². The number of aromatic nitrogens is 3. The van der Waals surface area contributed by atoms with E-state index in [-0.39, 0.29) is 24.1 Å². The molecule has 0 radical (unpaired) electrons. The van der Waals surface area contributed by atoms with Gasteiger partial charge in [0, 0.05) is 11.9 Å². The van der Waals surface area contributed by atoms with Crippen molar-refractivity contribution >= 4 is 46.3 Å². The number of benzene rings is 1. The first-order valence-electron chi connectivity index (χ1n) is 10.9. The summed E-state index contributed by atoms with van der Waals surface area (Å²) in [5, 5.41) is 12.3. The van der Waals surface area contributed by atoms with Crippen LogP contribution in [-0.4, -0.2) is 38.9 Å². The Balaban J connectivity index is 1.30. The summed E-state index contributed by atoms with van der Waals surface area (Å²) in [6, 6.07) is 9.63. The summed E-state index contributed by atoms with van der Waals surface area (Å²) in [6.07, 6.45) is 4.80. The van der Waals surface area contributed by atoms with Gasteiger partial charge < -0.3 is 14.8 Å². The van der Waals surface area contributed by atoms with Crippen molar-refractivity contribution in [2.75, 3.05) is 22.5 Å². The molecule has 1 atom stereocenters. The second-order valence-electron chi connectivity index (χ2n) is 8.28. The number of fused-ring (bicyclic) bond motifs is 2. The van der Waals surface area contributed by atoms with E-state index in [1.54, 1.807) is 6.07 Å². The number of anilines is 2. The van der Waals surface area contributed by atoms with Crippen LogP contribution in [0.5, 0.6) is 0 Å². The average Bonchev–Trinajstić information content (AvgIpc) is 3.39. The molecule has 2 aliphatic rings. The Morgan fingerprint density at radius 2 is 2.16 bits per heavy atom. The Labute approximate surface area is 195 Å². The minimum atomic E-state index is -0.185. The van der Waals surface area contributed by atoms with Gasteiger partial charge in [0.05, 0.1) is 22.0 Å². The number of carbonyl (C=O) groups is 2. The van der Waals surface area contributed by atoms with Crippen molar-refractivity contribution in [2.45, 2.75) is 37.8 Å². The van der Waals surface area contributed by atoms with Crippen molar-refractivity contribution in [1.29, 1.82) is 0 Å². The number of nitrogens with one attached hydrogen (secondary N) is 1. The summed E-state index contributed by atoms with van der Waals surface area (Å²) >= 11 is 3.17. The lowest BCUT2D eigenvalue weighted by atomic mass is 9.87. The maximum absolute atomic E-state index is 12.9. The molecular weight excluding hydrogens is 442 g/mol. The minimum Gasteiger partial charge on any atom is -0.323 e. The van der Waals surface area contributed by atoms with E-state index in [1.807, 2.05) is 41.2 Å². The number of rotatable bonds is 5. The van der Waals surface area contributed by atoms with Gasteiger partial charge >= 0.3 is 0 Å². The van der Waals surface area contributed by atoms with Gasteiger partial charge in [0.2, 0.25) is 11.8 Å². The van der Waals surface area contributed by atoms with Gasteiger partial charge in [-0.15, -0.1) is 21.5 Å². The van der Waals surface area contributed by atoms with Gasteiger partial charge in [-0.3, -0.25) is 9.59 Å². The first-order valence-corrected chi connectivity index (χ1v) is 12.7. The third-order valence-electron chi connectivity index (χ3n) is 6.21. The predicted octanol–water partition coefficient (Wildman–Crippen LogP) is 4.14. The van der Waals surface area contributed by atoms with Crippen LogP contribution in [0.15, 0.2) is 35.5 Å². The van der Waals surface area contributed by atoms with E-state index in [2.05, 4.69) is 28.5 Å². The average molecular weight is 468 g/mol. The fraction of sp³-hybridized carbons (Fsp3) is 0.391. The smallest absolute Gasteiger partial charge is 0.244 e. The third kappa shape index (κ3) is 3.95. The highest BCUT2D eigenvalue weighted by Crippen LogP contribution is 2.38. The van der Waals surface area contributed by atoms with Crippen LogP contribution >= 0.6 is 23.1 Å². The molecule has 3 aromatic rings. The topological polar surface area (TPSA) is 80.1 Å². The number of thioether (sulfide) groups is 1. The standard InChI is InChI=1S/C23H25N5O2S2/c1-3-14-8-9-18-15(10-14)11-19(32-18)22-25-26-23(27(22)2)31-13-21(30)28-12-20(29)24-16-6-4-5-7-17(16)28/h4-7,11,14H,3,8-10,12-13H2,1-2H3,(H,24,29)/t14-/m0/s1. The quantitative estimate of drug-likeness (QED) is 0.571. The van der Waals surface area contributed by atoms with E-state index in [9.17, 15) is 9.59 Å². The highest BCUT2D eigenvalue weighted by atomic mass is 32.2. The lowest BCUT2D eigenvalue weighted by Gasteiger charge is -2.28. The molecule has 32 heavy (non-hydrogen) atoms. The Bertz CT molecular complexity index is 1190. The molecule has 3 heterocycles. The van der Waals surface area contributed by atoms with E-state index < -0.39 is 0 Å². The highest BCUT2D eigenvalue weighted by Gasteiger charge is 2.27. The fourth-order valence-electron chi connectivity index (χ4n) is 4.37. The van der Waals surface area contributed by atoms with Crippen LogP contribution in [0, 0.1) is 5.92 Å². The van der Waals surface area contributed by atoms with Gasteiger partial charge in [-0.2, -0.15) is 0 Å². The lowest BCUT2D eigenvalue weighted by Crippen LogP contribution is -2.43. The highest BCUT2D eigenvalue weighted by molar-refractivity contribution is 7.99. The van der Waals surface area contributed by atoms with E-state index in [4.69, 9.17) is 0 Å². The molecule has 5 rings (SSSR count). The van der Waals surface area contributed by atoms with Crippen LogP contribution in [-0.2, 0) is 29.5 Å².